The Morgan fingerprint density at radius 2 is 2.21 bits per heavy atom. The summed E-state index contributed by atoms with van der Waals surface area (Å²) in [6, 6.07) is 0.620. The second-order valence-corrected chi connectivity index (χ2v) is 5.22. The van der Waals surface area contributed by atoms with E-state index >= 15 is 0 Å². The van der Waals surface area contributed by atoms with Crippen molar-refractivity contribution in [1.82, 2.24) is 9.55 Å². The van der Waals surface area contributed by atoms with Crippen LogP contribution in [0.15, 0.2) is 4.60 Å². The molecule has 0 aromatic carbocycles. The van der Waals surface area contributed by atoms with E-state index in [2.05, 4.69) is 46.3 Å². The number of nitrogens with zero attached hydrogens (tertiary/aromatic N) is 2. The first-order valence-corrected chi connectivity index (χ1v) is 6.17. The molecular weight excluding hydrogens is 240 g/mol. The fourth-order valence-electron chi connectivity index (χ4n) is 2.27. The van der Waals surface area contributed by atoms with Crippen molar-refractivity contribution in [2.75, 3.05) is 0 Å². The Bertz CT molecular complexity index is 341. The average Bonchev–Trinajstić information content (AvgIpc) is 2.46. The van der Waals surface area contributed by atoms with E-state index in [0.717, 1.165) is 4.60 Å². The molecule has 0 saturated heterocycles. The van der Waals surface area contributed by atoms with Crippen LogP contribution in [0.1, 0.15) is 57.1 Å². The molecule has 0 bridgehead atoms. The first-order valence-electron chi connectivity index (χ1n) is 5.37. The molecule has 1 aromatic heterocycles. The Morgan fingerprint density at radius 1 is 1.50 bits per heavy atom. The number of imidazole rings is 1. The van der Waals surface area contributed by atoms with Gasteiger partial charge >= 0.3 is 0 Å². The molecule has 0 radical (unpaired) electrons. The van der Waals surface area contributed by atoms with Crippen molar-refractivity contribution in [3.63, 3.8) is 0 Å². The predicted octanol–water partition coefficient (Wildman–Crippen LogP) is 3.67. The van der Waals surface area contributed by atoms with Crippen LogP contribution in [-0.2, 0) is 6.42 Å². The van der Waals surface area contributed by atoms with E-state index in [4.69, 9.17) is 0 Å². The fraction of sp³-hybridized carbons (Fsp3) is 0.727. The predicted molar refractivity (Wildman–Crippen MR) is 61.7 cm³/mol. The second kappa shape index (κ2) is 3.69. The average molecular weight is 257 g/mol. The quantitative estimate of drug-likeness (QED) is 0.750. The molecule has 1 aliphatic heterocycles. The van der Waals surface area contributed by atoms with Crippen LogP contribution in [0.4, 0.5) is 0 Å². The summed E-state index contributed by atoms with van der Waals surface area (Å²) >= 11 is 3.57. The Kier molecular flexibility index (Phi) is 2.69. The molecule has 0 saturated carbocycles. The van der Waals surface area contributed by atoms with E-state index < -0.39 is 0 Å². The smallest absolute Gasteiger partial charge is 0.127 e. The van der Waals surface area contributed by atoms with Crippen molar-refractivity contribution in [1.29, 1.82) is 0 Å². The summed E-state index contributed by atoms with van der Waals surface area (Å²) in [7, 11) is 0. The van der Waals surface area contributed by atoms with Gasteiger partial charge in [-0.15, -0.1) is 0 Å². The molecule has 1 atom stereocenters. The fourth-order valence-corrected chi connectivity index (χ4v) is 2.84. The highest BCUT2D eigenvalue weighted by Gasteiger charge is 2.24. The third kappa shape index (κ3) is 1.52. The minimum Gasteiger partial charge on any atom is -0.328 e. The van der Waals surface area contributed by atoms with E-state index in [0.29, 0.717) is 12.0 Å². The second-order valence-electron chi connectivity index (χ2n) is 4.47. The van der Waals surface area contributed by atoms with Crippen molar-refractivity contribution in [3.8, 4) is 0 Å². The molecule has 0 fully saturated rings. The molecule has 0 aliphatic carbocycles. The standard InChI is InChI=1S/C11H17BrN2/c1-7(2)11-13-10(12)9-6-4-5-8(3)14(9)11/h7-8H,4-6H2,1-3H3. The topological polar surface area (TPSA) is 17.8 Å². The minimum atomic E-state index is 0.514. The number of fused-ring (bicyclic) bond motifs is 1. The van der Waals surface area contributed by atoms with Crippen LogP contribution in [0.3, 0.4) is 0 Å². The van der Waals surface area contributed by atoms with Gasteiger partial charge in [0.15, 0.2) is 0 Å². The van der Waals surface area contributed by atoms with Crippen molar-refractivity contribution in [2.24, 2.45) is 0 Å². The Labute approximate surface area is 93.9 Å². The molecule has 0 spiro atoms. The molecule has 2 heterocycles. The lowest BCUT2D eigenvalue weighted by atomic mass is 10.0. The number of rotatable bonds is 1. The van der Waals surface area contributed by atoms with Crippen molar-refractivity contribution in [3.05, 3.63) is 16.1 Å². The monoisotopic (exact) mass is 256 g/mol. The van der Waals surface area contributed by atoms with Gasteiger partial charge < -0.3 is 4.57 Å². The Balaban J connectivity index is 2.53. The molecule has 78 valence electrons. The van der Waals surface area contributed by atoms with Crippen molar-refractivity contribution >= 4 is 15.9 Å². The molecule has 3 heteroatoms. The van der Waals surface area contributed by atoms with Crippen LogP contribution in [-0.4, -0.2) is 9.55 Å². The lowest BCUT2D eigenvalue weighted by Crippen LogP contribution is -2.18. The Hall–Kier alpha value is -0.310. The third-order valence-corrected chi connectivity index (χ3v) is 3.62. The molecule has 14 heavy (non-hydrogen) atoms. The van der Waals surface area contributed by atoms with Crippen LogP contribution in [0.25, 0.3) is 0 Å². The summed E-state index contributed by atoms with van der Waals surface area (Å²) in [6.07, 6.45) is 3.75. The van der Waals surface area contributed by atoms with Crippen LogP contribution in [0.2, 0.25) is 0 Å². The molecule has 2 rings (SSSR count). The first kappa shape index (κ1) is 10.2. The van der Waals surface area contributed by atoms with E-state index in [9.17, 15) is 0 Å². The van der Waals surface area contributed by atoms with E-state index in [1.807, 2.05) is 0 Å². The van der Waals surface area contributed by atoms with Gasteiger partial charge in [0.1, 0.15) is 10.4 Å². The van der Waals surface area contributed by atoms with Gasteiger partial charge in [-0.3, -0.25) is 0 Å². The van der Waals surface area contributed by atoms with Crippen LogP contribution in [0, 0.1) is 0 Å². The lowest BCUT2D eigenvalue weighted by Gasteiger charge is -2.25. The summed E-state index contributed by atoms with van der Waals surface area (Å²) in [5, 5.41) is 0. The summed E-state index contributed by atoms with van der Waals surface area (Å²) in [6.45, 7) is 6.72. The molecule has 2 nitrogen and oxygen atoms in total. The highest BCUT2D eigenvalue weighted by atomic mass is 79.9. The SMILES string of the molecule is CC(C)c1nc(Br)c2n1C(C)CCC2. The van der Waals surface area contributed by atoms with E-state index in [-0.39, 0.29) is 0 Å². The highest BCUT2D eigenvalue weighted by Crippen LogP contribution is 2.33. The van der Waals surface area contributed by atoms with Gasteiger partial charge in [0.2, 0.25) is 0 Å². The number of aromatic nitrogens is 2. The summed E-state index contributed by atoms with van der Waals surface area (Å²) in [5.41, 5.74) is 1.40. The van der Waals surface area contributed by atoms with E-state index in [1.165, 1.54) is 30.8 Å². The van der Waals surface area contributed by atoms with Crippen molar-refractivity contribution < 1.29 is 0 Å². The highest BCUT2D eigenvalue weighted by molar-refractivity contribution is 9.10. The largest absolute Gasteiger partial charge is 0.328 e. The third-order valence-electron chi connectivity index (χ3n) is 2.98. The van der Waals surface area contributed by atoms with Gasteiger partial charge in [0.05, 0.1) is 5.69 Å². The summed E-state index contributed by atoms with van der Waals surface area (Å²) in [5.74, 6) is 1.75. The minimum absolute atomic E-state index is 0.514. The molecule has 1 aliphatic rings. The van der Waals surface area contributed by atoms with Gasteiger partial charge in [-0.1, -0.05) is 13.8 Å². The first-order chi connectivity index (χ1) is 6.61. The Morgan fingerprint density at radius 3 is 2.86 bits per heavy atom. The molecule has 1 unspecified atom stereocenters. The zero-order valence-electron chi connectivity index (χ0n) is 9.05. The van der Waals surface area contributed by atoms with Gasteiger partial charge in [0, 0.05) is 12.0 Å². The van der Waals surface area contributed by atoms with Gasteiger partial charge in [-0.05, 0) is 42.1 Å². The molecule has 0 N–H and O–H groups in total. The molecule has 1 aromatic rings. The number of halogens is 1. The number of hydrogen-bond acceptors (Lipinski definition) is 1. The van der Waals surface area contributed by atoms with Crippen LogP contribution < -0.4 is 0 Å². The van der Waals surface area contributed by atoms with Gasteiger partial charge in [-0.25, -0.2) is 4.98 Å². The lowest BCUT2D eigenvalue weighted by molar-refractivity contribution is 0.412. The van der Waals surface area contributed by atoms with Crippen LogP contribution in [0.5, 0.6) is 0 Å². The maximum atomic E-state index is 4.62. The summed E-state index contributed by atoms with van der Waals surface area (Å²) in [4.78, 5) is 4.62. The molecular formula is C11H17BrN2. The zero-order valence-corrected chi connectivity index (χ0v) is 10.6. The van der Waals surface area contributed by atoms with E-state index in [1.54, 1.807) is 0 Å². The maximum Gasteiger partial charge on any atom is 0.127 e. The maximum absolute atomic E-state index is 4.62. The van der Waals surface area contributed by atoms with Crippen molar-refractivity contribution in [2.45, 2.75) is 52.0 Å². The summed E-state index contributed by atoms with van der Waals surface area (Å²) < 4.78 is 3.49. The normalized spacial score (nSPS) is 21.4. The number of hydrogen-bond donors (Lipinski definition) is 0. The van der Waals surface area contributed by atoms with Crippen LogP contribution >= 0.6 is 15.9 Å². The molecule has 0 amide bonds. The zero-order chi connectivity index (χ0) is 10.3. The van der Waals surface area contributed by atoms with Gasteiger partial charge in [0.25, 0.3) is 0 Å². The van der Waals surface area contributed by atoms with Gasteiger partial charge in [-0.2, -0.15) is 0 Å².